The Labute approximate surface area is 409 Å². The van der Waals surface area contributed by atoms with Crippen molar-refractivity contribution in [3.05, 3.63) is 170 Å². The number of nitrogens with one attached hydrogen (secondary N) is 3. The molecule has 0 aliphatic carbocycles. The number of hydrogen-bond acceptors (Lipinski definition) is 14. The highest BCUT2D eigenvalue weighted by atomic mass is 79.9. The second-order valence-electron chi connectivity index (χ2n) is 16.0. The average Bonchev–Trinajstić information content (AvgIpc) is 3.68. The van der Waals surface area contributed by atoms with Crippen LogP contribution in [0, 0.1) is 0 Å². The van der Waals surface area contributed by atoms with Gasteiger partial charge in [0.25, 0.3) is 0 Å². The fourth-order valence-electron chi connectivity index (χ4n) is 7.89. The molecule has 0 fully saturated rings. The summed E-state index contributed by atoms with van der Waals surface area (Å²) in [7, 11) is 9.81. The van der Waals surface area contributed by atoms with Crippen molar-refractivity contribution in [3.8, 4) is 34.1 Å². The van der Waals surface area contributed by atoms with Crippen LogP contribution in [-0.2, 0) is 11.3 Å². The van der Waals surface area contributed by atoms with E-state index < -0.39 is 0 Å². The first kappa shape index (κ1) is 49.3. The van der Waals surface area contributed by atoms with Gasteiger partial charge >= 0.3 is 0 Å². The first-order valence-corrected chi connectivity index (χ1v) is 22.6. The molecule has 69 heavy (non-hydrogen) atoms. The van der Waals surface area contributed by atoms with E-state index in [0.717, 1.165) is 54.8 Å². The largest absolute Gasteiger partial charge is 0.493 e. The van der Waals surface area contributed by atoms with Gasteiger partial charge in [-0.3, -0.25) is 34.6 Å². The maximum Gasteiger partial charge on any atom is 0.221 e. The topological polar surface area (TPSA) is 172 Å². The van der Waals surface area contributed by atoms with Gasteiger partial charge in [0.15, 0.2) is 40.3 Å². The van der Waals surface area contributed by atoms with Crippen molar-refractivity contribution in [2.24, 2.45) is 10.2 Å². The van der Waals surface area contributed by atoms with Crippen LogP contribution in [0.1, 0.15) is 65.8 Å². The number of likely N-dealkylation sites (N-methyl/N-ethyl adjacent to an activating group) is 2. The third-order valence-corrected chi connectivity index (χ3v) is 11.7. The molecule has 3 aliphatic rings. The zero-order valence-electron chi connectivity index (χ0n) is 39.3. The van der Waals surface area contributed by atoms with Gasteiger partial charge in [0, 0.05) is 76.7 Å². The van der Waals surface area contributed by atoms with Gasteiger partial charge in [-0.15, -0.1) is 0 Å². The van der Waals surface area contributed by atoms with E-state index in [1.807, 2.05) is 103 Å². The molecule has 6 aromatic rings. The van der Waals surface area contributed by atoms with E-state index in [1.54, 1.807) is 70.8 Å². The van der Waals surface area contributed by atoms with Crippen LogP contribution in [0.2, 0.25) is 0 Å². The molecular formula is C53H52BrN7O8. The molecule has 3 N–H and O–H groups in total. The van der Waals surface area contributed by atoms with Crippen LogP contribution in [0.15, 0.2) is 136 Å². The Morgan fingerprint density at radius 2 is 1.00 bits per heavy atom. The maximum absolute atomic E-state index is 12.9. The molecule has 15 nitrogen and oxygen atoms in total. The van der Waals surface area contributed by atoms with Gasteiger partial charge in [0.2, 0.25) is 5.91 Å². The van der Waals surface area contributed by atoms with E-state index in [2.05, 4.69) is 37.2 Å². The van der Waals surface area contributed by atoms with Crippen molar-refractivity contribution in [2.75, 3.05) is 67.5 Å². The van der Waals surface area contributed by atoms with Gasteiger partial charge in [-0.1, -0.05) is 88.7 Å². The zero-order chi connectivity index (χ0) is 49.2. The van der Waals surface area contributed by atoms with Crippen LogP contribution >= 0.6 is 15.9 Å². The van der Waals surface area contributed by atoms with Gasteiger partial charge in [-0.05, 0) is 65.2 Å². The van der Waals surface area contributed by atoms with Gasteiger partial charge in [-0.25, -0.2) is 5.43 Å². The SMILES string of the molecule is COc1cc2c(cc1OC)C(c1ccc(-c3cccc(NC(C)=O)c3)cc1)=NN(C)CC2=O.COc1cc2c(cc1OC)C(c1ccc(Br)cc1)=NN(C)CC2=O.O=C1CNNCc2ccccc21. The van der Waals surface area contributed by atoms with Gasteiger partial charge in [0.05, 0.1) is 59.5 Å². The number of hydrazone groups is 2. The van der Waals surface area contributed by atoms with Crippen molar-refractivity contribution in [1.29, 1.82) is 0 Å². The van der Waals surface area contributed by atoms with Gasteiger partial charge < -0.3 is 24.3 Å². The van der Waals surface area contributed by atoms with Crippen molar-refractivity contribution in [3.63, 3.8) is 0 Å². The number of hydrogen-bond donors (Lipinski definition) is 3. The van der Waals surface area contributed by atoms with E-state index >= 15 is 0 Å². The highest BCUT2D eigenvalue weighted by molar-refractivity contribution is 9.10. The van der Waals surface area contributed by atoms with E-state index in [4.69, 9.17) is 24.0 Å². The Hall–Kier alpha value is -7.66. The summed E-state index contributed by atoms with van der Waals surface area (Å²) in [4.78, 5) is 48.2. The van der Waals surface area contributed by atoms with E-state index in [1.165, 1.54) is 6.92 Å². The van der Waals surface area contributed by atoms with E-state index in [9.17, 15) is 19.2 Å². The Kier molecular flexibility index (Phi) is 16.0. The fourth-order valence-corrected chi connectivity index (χ4v) is 8.16. The number of carbonyl (C=O) groups is 4. The first-order valence-electron chi connectivity index (χ1n) is 21.8. The number of halogens is 1. The molecule has 6 aromatic carbocycles. The normalized spacial score (nSPS) is 14.0. The number of benzene rings is 6. The molecule has 0 saturated heterocycles. The first-order chi connectivity index (χ1) is 33.3. The summed E-state index contributed by atoms with van der Waals surface area (Å²) in [5.74, 6) is 2.12. The summed E-state index contributed by atoms with van der Waals surface area (Å²) in [6, 6.07) is 38.2. The Bertz CT molecular complexity index is 2960. The lowest BCUT2D eigenvalue weighted by atomic mass is 9.93. The van der Waals surface area contributed by atoms with Crippen LogP contribution in [0.4, 0.5) is 5.69 Å². The summed E-state index contributed by atoms with van der Waals surface area (Å²) < 4.78 is 22.6. The fraction of sp³-hybridized carbons (Fsp3) is 0.208. The van der Waals surface area contributed by atoms with Crippen molar-refractivity contribution >= 4 is 56.3 Å². The van der Waals surface area contributed by atoms with Gasteiger partial charge in [0.1, 0.15) is 0 Å². The maximum atomic E-state index is 12.9. The summed E-state index contributed by atoms with van der Waals surface area (Å²) >= 11 is 3.44. The van der Waals surface area contributed by atoms with E-state index in [0.29, 0.717) is 58.5 Å². The summed E-state index contributed by atoms with van der Waals surface area (Å²) in [5, 5.41) is 15.4. The number of Topliss-reactive ketones (excluding diaryl/α,β-unsaturated/α-hetero) is 3. The van der Waals surface area contributed by atoms with Crippen LogP contribution in [0.3, 0.4) is 0 Å². The summed E-state index contributed by atoms with van der Waals surface area (Å²) in [6.07, 6.45) is 0. The quantitative estimate of drug-likeness (QED) is 0.134. The lowest BCUT2D eigenvalue weighted by Crippen LogP contribution is -2.32. The average molecular weight is 995 g/mol. The predicted octanol–water partition coefficient (Wildman–Crippen LogP) is 8.03. The van der Waals surface area contributed by atoms with Crippen LogP contribution in [0.5, 0.6) is 23.0 Å². The number of ketones is 3. The lowest BCUT2D eigenvalue weighted by molar-refractivity contribution is -0.114. The number of rotatable bonds is 8. The second-order valence-corrected chi connectivity index (χ2v) is 16.9. The molecule has 0 unspecified atom stereocenters. The zero-order valence-corrected chi connectivity index (χ0v) is 40.9. The van der Waals surface area contributed by atoms with Gasteiger partial charge in [-0.2, -0.15) is 10.2 Å². The van der Waals surface area contributed by atoms with Crippen LogP contribution in [0.25, 0.3) is 11.1 Å². The minimum atomic E-state index is -0.113. The number of amides is 1. The molecule has 0 radical (unpaired) electrons. The number of carbonyl (C=O) groups excluding carboxylic acids is 4. The Morgan fingerprint density at radius 3 is 1.51 bits per heavy atom. The molecule has 3 heterocycles. The summed E-state index contributed by atoms with van der Waals surface area (Å²) in [6.45, 7) is 2.95. The van der Waals surface area contributed by atoms with Crippen LogP contribution in [-0.4, -0.2) is 107 Å². The second kappa shape index (κ2) is 22.4. The monoisotopic (exact) mass is 993 g/mol. The third-order valence-electron chi connectivity index (χ3n) is 11.2. The van der Waals surface area contributed by atoms with Crippen LogP contribution < -0.4 is 35.1 Å². The molecule has 9 rings (SSSR count). The number of fused-ring (bicyclic) bond motifs is 3. The number of hydrazine groups is 1. The number of ether oxygens (including phenoxy) is 4. The standard InChI is InChI=1S/C26H25N3O4.C18H17BrN2O3.C9H10N2O/c1-16(30)27-20-7-5-6-19(12-20)17-8-10-18(11-9-17)26-22-14-25(33-4)24(32-3)13-21(22)23(31)15-29(2)28-26;1-21-10-15(22)13-8-16(23-2)17(24-3)9-14(13)18(20-21)11-4-6-12(19)7-5-11;12-9-6-11-10-5-7-3-1-2-4-8(7)9/h5-14H,15H2,1-4H3,(H,27,30);4-9H,10H2,1-3H3;1-4,10-11H,5-6H2. The molecule has 0 atom stereocenters. The smallest absolute Gasteiger partial charge is 0.221 e. The predicted molar refractivity (Wildman–Crippen MR) is 270 cm³/mol. The molecule has 354 valence electrons. The molecule has 3 aliphatic heterocycles. The molecule has 0 bridgehead atoms. The molecule has 0 aromatic heterocycles. The van der Waals surface area contributed by atoms with E-state index in [-0.39, 0.29) is 36.3 Å². The van der Waals surface area contributed by atoms with Crippen molar-refractivity contribution < 1.29 is 38.1 Å². The number of methoxy groups -OCH3 is 4. The Balaban J connectivity index is 0.000000169. The molecule has 1 amide bonds. The highest BCUT2D eigenvalue weighted by Crippen LogP contribution is 2.35. The van der Waals surface area contributed by atoms with Crippen molar-refractivity contribution in [1.82, 2.24) is 20.9 Å². The van der Waals surface area contributed by atoms with Crippen molar-refractivity contribution in [2.45, 2.75) is 13.5 Å². The summed E-state index contributed by atoms with van der Waals surface area (Å²) in [5.41, 5.74) is 16.2. The molecule has 0 spiro atoms. The molecule has 16 heteroatoms. The minimum Gasteiger partial charge on any atom is -0.493 e. The Morgan fingerprint density at radius 1 is 0.536 bits per heavy atom. The molecule has 0 saturated carbocycles. The lowest BCUT2D eigenvalue weighted by Gasteiger charge is -2.14. The third kappa shape index (κ3) is 11.7. The highest BCUT2D eigenvalue weighted by Gasteiger charge is 2.27. The minimum absolute atomic E-state index is 0.00989. The number of nitrogens with zero attached hydrogens (tertiary/aromatic N) is 4. The molecular weight excluding hydrogens is 943 g/mol. The number of anilines is 1.